The predicted molar refractivity (Wildman–Crippen MR) is 89.5 cm³/mol. The summed E-state index contributed by atoms with van der Waals surface area (Å²) in [5.74, 6) is 2.25. The van der Waals surface area contributed by atoms with Crippen LogP contribution in [0, 0.1) is 0 Å². The summed E-state index contributed by atoms with van der Waals surface area (Å²) >= 11 is 0. The maximum absolute atomic E-state index is 5.75. The van der Waals surface area contributed by atoms with Crippen LogP contribution in [0.4, 0.5) is 11.6 Å². The van der Waals surface area contributed by atoms with Gasteiger partial charge in [0, 0.05) is 13.1 Å². The van der Waals surface area contributed by atoms with E-state index in [2.05, 4.69) is 32.0 Å². The summed E-state index contributed by atoms with van der Waals surface area (Å²) in [6, 6.07) is 9.98. The second-order valence-electron chi connectivity index (χ2n) is 5.61. The zero-order chi connectivity index (χ0) is 15.8. The van der Waals surface area contributed by atoms with Crippen LogP contribution in [-0.4, -0.2) is 28.6 Å². The van der Waals surface area contributed by atoms with Crippen molar-refractivity contribution in [1.29, 1.82) is 0 Å². The Bertz CT molecular complexity index is 880. The first kappa shape index (κ1) is 13.8. The molecule has 0 saturated heterocycles. The molecule has 0 unspecified atom stereocenters. The minimum absolute atomic E-state index is 0.468. The first-order valence-corrected chi connectivity index (χ1v) is 7.52. The lowest BCUT2D eigenvalue weighted by molar-refractivity contribution is 0.413. The smallest absolute Gasteiger partial charge is 0.166 e. The van der Waals surface area contributed by atoms with Gasteiger partial charge in [-0.3, -0.25) is 0 Å². The number of fused-ring (bicyclic) bond motifs is 2. The molecule has 6 nitrogen and oxygen atoms in total. The van der Waals surface area contributed by atoms with Gasteiger partial charge in [0.25, 0.3) is 0 Å². The molecule has 3 heterocycles. The van der Waals surface area contributed by atoms with Crippen LogP contribution in [0.15, 0.2) is 36.7 Å². The molecule has 0 saturated carbocycles. The number of hydrogen-bond acceptors (Lipinski definition) is 6. The number of anilines is 2. The maximum atomic E-state index is 5.75. The Morgan fingerprint density at radius 3 is 2.91 bits per heavy atom. The van der Waals surface area contributed by atoms with Gasteiger partial charge in [-0.05, 0) is 41.8 Å². The molecule has 0 aliphatic carbocycles. The van der Waals surface area contributed by atoms with Crippen LogP contribution in [-0.2, 0) is 13.0 Å². The van der Waals surface area contributed by atoms with Gasteiger partial charge < -0.3 is 15.4 Å². The van der Waals surface area contributed by atoms with E-state index in [9.17, 15) is 0 Å². The Hall–Kier alpha value is -2.89. The van der Waals surface area contributed by atoms with Gasteiger partial charge in [0.2, 0.25) is 0 Å². The predicted octanol–water partition coefficient (Wildman–Crippen LogP) is 2.18. The third-order valence-electron chi connectivity index (χ3n) is 4.22. The van der Waals surface area contributed by atoms with Crippen LogP contribution in [0.2, 0.25) is 0 Å². The minimum atomic E-state index is 0.468. The van der Waals surface area contributed by atoms with Crippen molar-refractivity contribution in [3.63, 3.8) is 0 Å². The number of nitrogens with zero attached hydrogens (tertiary/aromatic N) is 4. The van der Waals surface area contributed by atoms with Crippen molar-refractivity contribution in [3.05, 3.63) is 47.8 Å². The average molecular weight is 307 g/mol. The van der Waals surface area contributed by atoms with Gasteiger partial charge in [-0.2, -0.15) is 0 Å². The highest BCUT2D eigenvalue weighted by Gasteiger charge is 2.20. The zero-order valence-corrected chi connectivity index (χ0v) is 12.9. The molecular weight excluding hydrogens is 290 g/mol. The third kappa shape index (κ3) is 2.42. The number of nitrogen functional groups attached to an aromatic ring is 1. The molecule has 116 valence electrons. The Morgan fingerprint density at radius 2 is 2.04 bits per heavy atom. The highest BCUT2D eigenvalue weighted by molar-refractivity contribution is 5.87. The van der Waals surface area contributed by atoms with Gasteiger partial charge in [0.05, 0.1) is 12.5 Å². The van der Waals surface area contributed by atoms with Crippen LogP contribution < -0.4 is 15.4 Å². The number of pyridine rings is 1. The largest absolute Gasteiger partial charge is 0.497 e. The Labute approximate surface area is 133 Å². The third-order valence-corrected chi connectivity index (χ3v) is 4.22. The molecule has 0 radical (unpaired) electrons. The van der Waals surface area contributed by atoms with Crippen molar-refractivity contribution in [2.45, 2.75) is 13.0 Å². The van der Waals surface area contributed by atoms with Crippen molar-refractivity contribution < 1.29 is 4.74 Å². The number of ether oxygens (including phenoxy) is 1. The summed E-state index contributed by atoms with van der Waals surface area (Å²) in [5.41, 5.74) is 9.01. The lowest BCUT2D eigenvalue weighted by atomic mass is 9.99. The Kier molecular flexibility index (Phi) is 3.22. The second kappa shape index (κ2) is 5.39. The van der Waals surface area contributed by atoms with E-state index >= 15 is 0 Å². The van der Waals surface area contributed by atoms with E-state index in [1.165, 1.54) is 11.1 Å². The minimum Gasteiger partial charge on any atom is -0.497 e. The lowest BCUT2D eigenvalue weighted by Gasteiger charge is -2.30. The normalized spacial score (nSPS) is 13.9. The molecule has 0 fully saturated rings. The van der Waals surface area contributed by atoms with Crippen molar-refractivity contribution in [2.24, 2.45) is 0 Å². The molecule has 1 aromatic carbocycles. The van der Waals surface area contributed by atoms with E-state index in [4.69, 9.17) is 10.5 Å². The molecule has 3 aromatic rings. The van der Waals surface area contributed by atoms with Gasteiger partial charge in [-0.15, -0.1) is 0 Å². The number of aromatic nitrogens is 3. The highest BCUT2D eigenvalue weighted by Crippen LogP contribution is 2.29. The molecule has 2 N–H and O–H groups in total. The fourth-order valence-corrected chi connectivity index (χ4v) is 3.04. The van der Waals surface area contributed by atoms with Crippen LogP contribution in [0.25, 0.3) is 11.0 Å². The van der Waals surface area contributed by atoms with E-state index < -0.39 is 0 Å². The zero-order valence-electron chi connectivity index (χ0n) is 12.9. The van der Waals surface area contributed by atoms with Crippen molar-refractivity contribution in [1.82, 2.24) is 15.0 Å². The highest BCUT2D eigenvalue weighted by atomic mass is 16.5. The monoisotopic (exact) mass is 307 g/mol. The molecule has 23 heavy (non-hydrogen) atoms. The molecule has 1 aliphatic heterocycles. The molecule has 0 bridgehead atoms. The molecule has 2 aromatic heterocycles. The van der Waals surface area contributed by atoms with Gasteiger partial charge in [0.15, 0.2) is 5.65 Å². The molecule has 4 rings (SSSR count). The first-order chi connectivity index (χ1) is 11.2. The maximum Gasteiger partial charge on any atom is 0.166 e. The number of benzene rings is 1. The summed E-state index contributed by atoms with van der Waals surface area (Å²) in [6.45, 7) is 1.71. The van der Waals surface area contributed by atoms with E-state index in [-0.39, 0.29) is 0 Å². The molecular formula is C17H17N5O. The SMILES string of the molecule is COc1ccc2c(c1)CN(c1ncnc3nc(N)ccc13)CC2. The molecule has 0 amide bonds. The fourth-order valence-electron chi connectivity index (χ4n) is 3.04. The van der Waals surface area contributed by atoms with Gasteiger partial charge in [-0.1, -0.05) is 6.07 Å². The molecule has 0 spiro atoms. The van der Waals surface area contributed by atoms with Crippen molar-refractivity contribution in [3.8, 4) is 5.75 Å². The first-order valence-electron chi connectivity index (χ1n) is 7.52. The molecule has 6 heteroatoms. The van der Waals surface area contributed by atoms with Crippen LogP contribution in [0.3, 0.4) is 0 Å². The van der Waals surface area contributed by atoms with E-state index in [1.54, 1.807) is 19.5 Å². The molecule has 1 aliphatic rings. The van der Waals surface area contributed by atoms with Crippen molar-refractivity contribution in [2.75, 3.05) is 24.3 Å². The second-order valence-corrected chi connectivity index (χ2v) is 5.61. The summed E-state index contributed by atoms with van der Waals surface area (Å²) in [4.78, 5) is 15.2. The summed E-state index contributed by atoms with van der Waals surface area (Å²) in [7, 11) is 1.69. The number of methoxy groups -OCH3 is 1. The van der Waals surface area contributed by atoms with E-state index in [0.29, 0.717) is 11.5 Å². The van der Waals surface area contributed by atoms with Crippen LogP contribution in [0.1, 0.15) is 11.1 Å². The van der Waals surface area contributed by atoms with Gasteiger partial charge in [-0.25, -0.2) is 15.0 Å². The van der Waals surface area contributed by atoms with Crippen LogP contribution in [0.5, 0.6) is 5.75 Å². The van der Waals surface area contributed by atoms with Crippen molar-refractivity contribution >= 4 is 22.7 Å². The summed E-state index contributed by atoms with van der Waals surface area (Å²) in [6.07, 6.45) is 2.53. The Morgan fingerprint density at radius 1 is 1.13 bits per heavy atom. The van der Waals surface area contributed by atoms with Gasteiger partial charge in [0.1, 0.15) is 23.7 Å². The van der Waals surface area contributed by atoms with Crippen LogP contribution >= 0.6 is 0 Å². The van der Waals surface area contributed by atoms with Gasteiger partial charge >= 0.3 is 0 Å². The Balaban J connectivity index is 1.74. The van der Waals surface area contributed by atoms with E-state index in [1.807, 2.05) is 12.1 Å². The standard InChI is InChI=1S/C17H17N5O/c1-23-13-3-2-11-6-7-22(9-12(11)8-13)17-14-4-5-15(18)21-16(14)19-10-20-17/h2-5,8,10H,6-7,9H2,1H3,(H2,18,19,20,21). The quantitative estimate of drug-likeness (QED) is 0.782. The summed E-state index contributed by atoms with van der Waals surface area (Å²) in [5, 5.41) is 0.924. The fraction of sp³-hybridized carbons (Fsp3) is 0.235. The topological polar surface area (TPSA) is 77.2 Å². The van der Waals surface area contributed by atoms with E-state index in [0.717, 1.165) is 36.5 Å². The number of hydrogen-bond donors (Lipinski definition) is 1. The summed E-state index contributed by atoms with van der Waals surface area (Å²) < 4.78 is 5.34. The molecule has 0 atom stereocenters. The number of nitrogens with two attached hydrogens (primary N) is 1. The lowest BCUT2D eigenvalue weighted by Crippen LogP contribution is -2.31. The number of rotatable bonds is 2. The average Bonchev–Trinajstić information content (AvgIpc) is 2.60.